The summed E-state index contributed by atoms with van der Waals surface area (Å²) in [5, 5.41) is 9.06. The lowest BCUT2D eigenvalue weighted by atomic mass is 9.70. The zero-order valence-corrected chi connectivity index (χ0v) is 8.82. The molecule has 0 saturated heterocycles. The fraction of sp³-hybridized carbons (Fsp3) is 0.900. The first kappa shape index (κ1) is 11.5. The molecular formula is C10H19NO3. The van der Waals surface area contributed by atoms with Crippen LogP contribution in [-0.4, -0.2) is 17.2 Å². The van der Waals surface area contributed by atoms with Crippen molar-refractivity contribution in [3.63, 3.8) is 0 Å². The maximum atomic E-state index is 11.0. The van der Waals surface area contributed by atoms with Crippen LogP contribution in [0.3, 0.4) is 0 Å². The number of carboxylic acids is 1. The van der Waals surface area contributed by atoms with Gasteiger partial charge in [-0.25, -0.2) is 5.90 Å². The third-order valence-electron chi connectivity index (χ3n) is 3.44. The Labute approximate surface area is 84.4 Å². The molecule has 0 atom stereocenters. The Morgan fingerprint density at radius 3 is 2.21 bits per heavy atom. The van der Waals surface area contributed by atoms with Gasteiger partial charge < -0.3 is 9.94 Å². The highest BCUT2D eigenvalue weighted by Gasteiger charge is 2.38. The van der Waals surface area contributed by atoms with E-state index in [2.05, 4.69) is 0 Å². The van der Waals surface area contributed by atoms with Gasteiger partial charge in [0.1, 0.15) is 0 Å². The predicted octanol–water partition coefficient (Wildman–Crippen LogP) is 1.55. The number of aliphatic carboxylic acids is 1. The third kappa shape index (κ3) is 2.25. The molecule has 0 heterocycles. The second-order valence-electron chi connectivity index (χ2n) is 4.64. The molecule has 1 saturated carbocycles. The smallest absolute Gasteiger partial charge is 0.309 e. The minimum Gasteiger partial charge on any atom is -0.481 e. The number of carboxylic acid groups (broad SMARTS) is 1. The Morgan fingerprint density at radius 2 is 1.86 bits per heavy atom. The third-order valence-corrected chi connectivity index (χ3v) is 3.44. The van der Waals surface area contributed by atoms with Crippen LogP contribution >= 0.6 is 0 Å². The van der Waals surface area contributed by atoms with Crippen molar-refractivity contribution >= 4 is 5.97 Å². The van der Waals surface area contributed by atoms with Crippen LogP contribution in [0.25, 0.3) is 0 Å². The fourth-order valence-corrected chi connectivity index (χ4v) is 2.10. The van der Waals surface area contributed by atoms with Gasteiger partial charge in [0.05, 0.1) is 11.5 Å². The Hall–Kier alpha value is -0.610. The fourth-order valence-electron chi connectivity index (χ4n) is 2.10. The first-order valence-electron chi connectivity index (χ1n) is 5.07. The molecule has 0 spiro atoms. The Kier molecular flexibility index (Phi) is 3.50. The maximum absolute atomic E-state index is 11.0. The summed E-state index contributed by atoms with van der Waals surface area (Å²) in [4.78, 5) is 15.8. The van der Waals surface area contributed by atoms with Crippen molar-refractivity contribution in [2.45, 2.75) is 45.6 Å². The van der Waals surface area contributed by atoms with Crippen LogP contribution in [0.15, 0.2) is 0 Å². The number of nitrogens with two attached hydrogens (primary N) is 1. The first-order chi connectivity index (χ1) is 6.48. The van der Waals surface area contributed by atoms with E-state index in [4.69, 9.17) is 15.8 Å². The van der Waals surface area contributed by atoms with Gasteiger partial charge in [-0.05, 0) is 45.4 Å². The lowest BCUT2D eigenvalue weighted by Crippen LogP contribution is -2.37. The van der Waals surface area contributed by atoms with Gasteiger partial charge in [0.15, 0.2) is 0 Å². The topological polar surface area (TPSA) is 72.5 Å². The Morgan fingerprint density at radius 1 is 1.36 bits per heavy atom. The molecule has 14 heavy (non-hydrogen) atoms. The van der Waals surface area contributed by atoms with Gasteiger partial charge in [-0.15, -0.1) is 0 Å². The lowest BCUT2D eigenvalue weighted by molar-refractivity contribution is -0.151. The van der Waals surface area contributed by atoms with E-state index in [1.54, 1.807) is 13.8 Å². The molecule has 82 valence electrons. The summed E-state index contributed by atoms with van der Waals surface area (Å²) in [6, 6.07) is 0. The van der Waals surface area contributed by atoms with Crippen molar-refractivity contribution in [3.05, 3.63) is 0 Å². The van der Waals surface area contributed by atoms with E-state index in [-0.39, 0.29) is 12.0 Å². The second kappa shape index (κ2) is 4.28. The number of carbonyl (C=O) groups is 1. The highest BCUT2D eigenvalue weighted by atomic mass is 16.6. The quantitative estimate of drug-likeness (QED) is 0.679. The molecule has 0 aromatic rings. The van der Waals surface area contributed by atoms with Gasteiger partial charge in [-0.3, -0.25) is 4.79 Å². The molecule has 1 aliphatic carbocycles. The van der Waals surface area contributed by atoms with Crippen LogP contribution in [0.1, 0.15) is 39.5 Å². The Bertz CT molecular complexity index is 207. The monoisotopic (exact) mass is 201 g/mol. The van der Waals surface area contributed by atoms with Crippen LogP contribution in [0.5, 0.6) is 0 Å². The van der Waals surface area contributed by atoms with Crippen molar-refractivity contribution < 1.29 is 14.7 Å². The zero-order chi connectivity index (χ0) is 10.8. The number of rotatable bonds is 3. The molecule has 4 heteroatoms. The van der Waals surface area contributed by atoms with Crippen LogP contribution in [0.2, 0.25) is 0 Å². The highest BCUT2D eigenvalue weighted by molar-refractivity contribution is 5.74. The van der Waals surface area contributed by atoms with E-state index in [1.165, 1.54) is 0 Å². The molecule has 0 amide bonds. The second-order valence-corrected chi connectivity index (χ2v) is 4.64. The van der Waals surface area contributed by atoms with Crippen molar-refractivity contribution in [1.82, 2.24) is 0 Å². The molecule has 1 fully saturated rings. The SMILES string of the molecule is CC(C)(C(=O)O)C1CCC(ON)CC1. The standard InChI is InChI=1S/C10H19NO3/c1-10(2,9(12)13)7-3-5-8(14-11)6-4-7/h7-8H,3-6,11H2,1-2H3,(H,12,13). The molecule has 0 aromatic heterocycles. The summed E-state index contributed by atoms with van der Waals surface area (Å²) in [7, 11) is 0. The molecule has 1 aliphatic rings. The van der Waals surface area contributed by atoms with Gasteiger partial charge in [0, 0.05) is 0 Å². The number of hydrogen-bond donors (Lipinski definition) is 2. The summed E-state index contributed by atoms with van der Waals surface area (Å²) in [5.74, 6) is 4.63. The van der Waals surface area contributed by atoms with Crippen molar-refractivity contribution in [2.75, 3.05) is 0 Å². The summed E-state index contributed by atoms with van der Waals surface area (Å²) in [6.07, 6.45) is 3.65. The van der Waals surface area contributed by atoms with E-state index >= 15 is 0 Å². The van der Waals surface area contributed by atoms with Crippen LogP contribution < -0.4 is 5.90 Å². The van der Waals surface area contributed by atoms with Crippen molar-refractivity contribution in [1.29, 1.82) is 0 Å². The minimum atomic E-state index is -0.713. The van der Waals surface area contributed by atoms with E-state index in [0.29, 0.717) is 0 Å². The summed E-state index contributed by atoms with van der Waals surface area (Å²) in [5.41, 5.74) is -0.625. The van der Waals surface area contributed by atoms with Gasteiger partial charge in [0.2, 0.25) is 0 Å². The predicted molar refractivity (Wildman–Crippen MR) is 52.4 cm³/mol. The van der Waals surface area contributed by atoms with Gasteiger partial charge in [0.25, 0.3) is 0 Å². The average Bonchev–Trinajstić information content (AvgIpc) is 2.17. The van der Waals surface area contributed by atoms with E-state index < -0.39 is 11.4 Å². The average molecular weight is 201 g/mol. The maximum Gasteiger partial charge on any atom is 0.309 e. The van der Waals surface area contributed by atoms with Gasteiger partial charge >= 0.3 is 5.97 Å². The summed E-state index contributed by atoms with van der Waals surface area (Å²) < 4.78 is 0. The highest BCUT2D eigenvalue weighted by Crippen LogP contribution is 2.38. The normalized spacial score (nSPS) is 28.8. The van der Waals surface area contributed by atoms with E-state index in [0.717, 1.165) is 25.7 Å². The molecule has 0 bridgehead atoms. The van der Waals surface area contributed by atoms with Gasteiger partial charge in [-0.1, -0.05) is 0 Å². The van der Waals surface area contributed by atoms with Gasteiger partial charge in [-0.2, -0.15) is 0 Å². The number of hydrogen-bond acceptors (Lipinski definition) is 3. The van der Waals surface area contributed by atoms with Crippen LogP contribution in [-0.2, 0) is 9.63 Å². The molecule has 3 N–H and O–H groups in total. The van der Waals surface area contributed by atoms with Crippen LogP contribution in [0.4, 0.5) is 0 Å². The molecule has 1 rings (SSSR count). The molecular weight excluding hydrogens is 182 g/mol. The Balaban J connectivity index is 2.53. The lowest BCUT2D eigenvalue weighted by Gasteiger charge is -2.35. The molecule has 0 aromatic carbocycles. The molecule has 0 aliphatic heterocycles. The summed E-state index contributed by atoms with van der Waals surface area (Å²) in [6.45, 7) is 3.59. The summed E-state index contributed by atoms with van der Waals surface area (Å²) >= 11 is 0. The molecule has 0 unspecified atom stereocenters. The first-order valence-corrected chi connectivity index (χ1v) is 5.07. The molecule has 0 radical (unpaired) electrons. The van der Waals surface area contributed by atoms with Crippen molar-refractivity contribution in [3.8, 4) is 0 Å². The van der Waals surface area contributed by atoms with Crippen LogP contribution in [0, 0.1) is 11.3 Å². The van der Waals surface area contributed by atoms with E-state index in [1.807, 2.05) is 0 Å². The van der Waals surface area contributed by atoms with E-state index in [9.17, 15) is 4.79 Å². The minimum absolute atomic E-state index is 0.121. The zero-order valence-electron chi connectivity index (χ0n) is 8.82. The van der Waals surface area contributed by atoms with Crippen molar-refractivity contribution in [2.24, 2.45) is 17.2 Å². The molecule has 4 nitrogen and oxygen atoms in total. The largest absolute Gasteiger partial charge is 0.481 e.